The molecule has 1 heterocycles. The van der Waals surface area contributed by atoms with Gasteiger partial charge in [-0.15, -0.1) is 0 Å². The van der Waals surface area contributed by atoms with E-state index in [0.717, 1.165) is 29.5 Å². The van der Waals surface area contributed by atoms with Crippen LogP contribution in [0.15, 0.2) is 57.2 Å². The van der Waals surface area contributed by atoms with E-state index < -0.39 is 62.7 Å². The second-order valence-corrected chi connectivity index (χ2v) is 16.1. The fraction of sp³-hybridized carbons (Fsp3) is 0.435. The zero-order valence-corrected chi connectivity index (χ0v) is 22.9. The molecule has 3 rings (SSSR count). The van der Waals surface area contributed by atoms with Crippen molar-refractivity contribution in [2.45, 2.75) is 52.3 Å². The normalized spacial score (nSPS) is 18.2. The van der Waals surface area contributed by atoms with Crippen molar-refractivity contribution < 1.29 is 43.2 Å². The Morgan fingerprint density at radius 2 is 1.46 bits per heavy atom. The molecule has 204 valence electrons. The summed E-state index contributed by atoms with van der Waals surface area (Å²) in [5.74, 6) is -1.38. The van der Waals surface area contributed by atoms with Crippen LogP contribution in [0, 0.1) is 5.92 Å². The summed E-state index contributed by atoms with van der Waals surface area (Å²) in [6.07, 6.45) is -3.31. The van der Waals surface area contributed by atoms with E-state index >= 15 is 0 Å². The van der Waals surface area contributed by atoms with E-state index in [4.69, 9.17) is 0 Å². The molecule has 8 nitrogen and oxygen atoms in total. The van der Waals surface area contributed by atoms with Crippen molar-refractivity contribution in [1.82, 2.24) is 0 Å². The molecule has 1 saturated heterocycles. The number of anilines is 1. The van der Waals surface area contributed by atoms with Crippen LogP contribution in [-0.2, 0) is 40.5 Å². The maximum atomic E-state index is 13.5. The standard InChI is InChI=1S/C23H26F3NO7S3/c1-22(2,37(33,34)18-7-5-6-17(14-18)35(3,29)30)15-10-11-27(21(28)13-15)19-9-8-16(23(24,25)26)12-20(19)36(4,31)32/h5-9,12,14-15H,10-11,13H2,1-4H3/t15-/m0/s1. The lowest BCUT2D eigenvalue weighted by Gasteiger charge is -2.40. The smallest absolute Gasteiger partial charge is 0.311 e. The summed E-state index contributed by atoms with van der Waals surface area (Å²) < 4.78 is 113. The Bertz CT molecular complexity index is 1560. The second-order valence-electron chi connectivity index (χ2n) is 9.54. The average Bonchev–Trinajstić information content (AvgIpc) is 2.77. The molecule has 1 amide bonds. The molecule has 0 unspecified atom stereocenters. The van der Waals surface area contributed by atoms with Crippen LogP contribution >= 0.6 is 0 Å². The first-order chi connectivity index (χ1) is 16.7. The lowest BCUT2D eigenvalue weighted by Crippen LogP contribution is -2.49. The number of amides is 1. The molecule has 0 bridgehead atoms. The van der Waals surface area contributed by atoms with Crippen LogP contribution in [0.3, 0.4) is 0 Å². The minimum Gasteiger partial charge on any atom is -0.311 e. The molecule has 2 aromatic carbocycles. The SMILES string of the molecule is CC(C)([C@H]1CCN(c2ccc(C(F)(F)F)cc2S(C)(=O)=O)C(=O)C1)S(=O)(=O)c1cccc(S(C)(=O)=O)c1. The van der Waals surface area contributed by atoms with Crippen LogP contribution in [0.5, 0.6) is 0 Å². The molecule has 0 saturated carbocycles. The van der Waals surface area contributed by atoms with E-state index in [-0.39, 0.29) is 34.9 Å². The predicted molar refractivity (Wildman–Crippen MR) is 130 cm³/mol. The number of carbonyl (C=O) groups is 1. The Morgan fingerprint density at radius 1 is 0.865 bits per heavy atom. The van der Waals surface area contributed by atoms with Crippen LogP contribution in [0.2, 0.25) is 0 Å². The number of sulfone groups is 3. The maximum Gasteiger partial charge on any atom is 0.416 e. The number of hydrogen-bond donors (Lipinski definition) is 0. The minimum absolute atomic E-state index is 0.105. The Balaban J connectivity index is 1.95. The molecule has 1 fully saturated rings. The van der Waals surface area contributed by atoms with Gasteiger partial charge < -0.3 is 4.90 Å². The summed E-state index contributed by atoms with van der Waals surface area (Å²) in [4.78, 5) is 13.1. The van der Waals surface area contributed by atoms with Crippen LogP contribution in [0.4, 0.5) is 18.9 Å². The highest BCUT2D eigenvalue weighted by Crippen LogP contribution is 2.41. The summed E-state index contributed by atoms with van der Waals surface area (Å²) in [5, 5.41) is 0. The van der Waals surface area contributed by atoms with Gasteiger partial charge in [-0.3, -0.25) is 4.79 Å². The Labute approximate surface area is 214 Å². The molecule has 2 aromatic rings. The predicted octanol–water partition coefficient (Wildman–Crippen LogP) is 3.51. The van der Waals surface area contributed by atoms with E-state index in [1.165, 1.54) is 32.0 Å². The van der Waals surface area contributed by atoms with Crippen molar-refractivity contribution in [3.05, 3.63) is 48.0 Å². The maximum absolute atomic E-state index is 13.5. The summed E-state index contributed by atoms with van der Waals surface area (Å²) in [6.45, 7) is 2.71. The summed E-state index contributed by atoms with van der Waals surface area (Å²) in [5.41, 5.74) is -1.39. The monoisotopic (exact) mass is 581 g/mol. The molecule has 0 N–H and O–H groups in total. The molecule has 0 aliphatic carbocycles. The van der Waals surface area contributed by atoms with Gasteiger partial charge in [-0.1, -0.05) is 6.07 Å². The van der Waals surface area contributed by atoms with Crippen molar-refractivity contribution in [3.63, 3.8) is 0 Å². The quantitative estimate of drug-likeness (QED) is 0.512. The first kappa shape index (κ1) is 29.1. The number of halogens is 3. The number of hydrogen-bond acceptors (Lipinski definition) is 7. The molecule has 0 aromatic heterocycles. The zero-order valence-electron chi connectivity index (χ0n) is 20.4. The number of piperidine rings is 1. The number of carbonyl (C=O) groups excluding carboxylic acids is 1. The molecule has 14 heteroatoms. The second kappa shape index (κ2) is 9.38. The lowest BCUT2D eigenvalue weighted by atomic mass is 9.85. The number of alkyl halides is 3. The van der Waals surface area contributed by atoms with Gasteiger partial charge in [0.25, 0.3) is 0 Å². The number of benzene rings is 2. The minimum atomic E-state index is -4.79. The topological polar surface area (TPSA) is 123 Å². The van der Waals surface area contributed by atoms with Crippen molar-refractivity contribution >= 4 is 41.1 Å². The first-order valence-corrected chi connectivity index (χ1v) is 16.2. The Hall–Kier alpha value is -2.45. The fourth-order valence-corrected chi connectivity index (χ4v) is 7.71. The lowest BCUT2D eigenvalue weighted by molar-refractivity contribution is -0.137. The third kappa shape index (κ3) is 5.70. The summed E-state index contributed by atoms with van der Waals surface area (Å²) >= 11 is 0. The van der Waals surface area contributed by atoms with Crippen molar-refractivity contribution in [2.75, 3.05) is 24.0 Å². The van der Waals surface area contributed by atoms with Gasteiger partial charge in [0.2, 0.25) is 5.91 Å². The first-order valence-electron chi connectivity index (χ1n) is 10.9. The highest BCUT2D eigenvalue weighted by molar-refractivity contribution is 7.93. The zero-order chi connectivity index (χ0) is 28.2. The van der Waals surface area contributed by atoms with Crippen LogP contribution < -0.4 is 4.90 Å². The van der Waals surface area contributed by atoms with Gasteiger partial charge in [0.05, 0.1) is 30.7 Å². The number of nitrogens with zero attached hydrogens (tertiary/aromatic N) is 1. The molecule has 1 aliphatic heterocycles. The van der Waals surface area contributed by atoms with Crippen LogP contribution in [0.1, 0.15) is 32.3 Å². The third-order valence-electron chi connectivity index (χ3n) is 6.62. The van der Waals surface area contributed by atoms with Crippen LogP contribution in [0.25, 0.3) is 0 Å². The fourth-order valence-electron chi connectivity index (χ4n) is 4.29. The van der Waals surface area contributed by atoms with E-state index in [1.54, 1.807) is 0 Å². The van der Waals surface area contributed by atoms with E-state index in [1.807, 2.05) is 0 Å². The third-order valence-corrected chi connectivity index (χ3v) is 11.4. The summed E-state index contributed by atoms with van der Waals surface area (Å²) in [6, 6.07) is 7.00. The Kier molecular flexibility index (Phi) is 7.38. The molecular formula is C23H26F3NO7S3. The molecule has 0 radical (unpaired) electrons. The largest absolute Gasteiger partial charge is 0.416 e. The summed E-state index contributed by atoms with van der Waals surface area (Å²) in [7, 11) is -12.0. The van der Waals surface area contributed by atoms with Crippen molar-refractivity contribution in [2.24, 2.45) is 5.92 Å². The van der Waals surface area contributed by atoms with E-state index in [0.29, 0.717) is 12.1 Å². The van der Waals surface area contributed by atoms with Crippen LogP contribution in [-0.4, -0.2) is 55.0 Å². The van der Waals surface area contributed by atoms with Gasteiger partial charge in [-0.2, -0.15) is 13.2 Å². The highest BCUT2D eigenvalue weighted by atomic mass is 32.2. The number of rotatable bonds is 6. The van der Waals surface area contributed by atoms with Gasteiger partial charge >= 0.3 is 6.18 Å². The van der Waals surface area contributed by atoms with Gasteiger partial charge in [0, 0.05) is 25.5 Å². The van der Waals surface area contributed by atoms with Gasteiger partial charge in [-0.05, 0) is 62.6 Å². The van der Waals surface area contributed by atoms with Crippen molar-refractivity contribution in [1.29, 1.82) is 0 Å². The average molecular weight is 582 g/mol. The van der Waals surface area contributed by atoms with E-state index in [9.17, 15) is 43.2 Å². The highest BCUT2D eigenvalue weighted by Gasteiger charge is 2.46. The van der Waals surface area contributed by atoms with Gasteiger partial charge in [0.15, 0.2) is 29.5 Å². The molecule has 0 spiro atoms. The van der Waals surface area contributed by atoms with Gasteiger partial charge in [-0.25, -0.2) is 25.3 Å². The molecule has 37 heavy (non-hydrogen) atoms. The molecule has 1 aliphatic rings. The molecular weight excluding hydrogens is 555 g/mol. The van der Waals surface area contributed by atoms with Crippen molar-refractivity contribution in [3.8, 4) is 0 Å². The Morgan fingerprint density at radius 3 is 1.97 bits per heavy atom. The van der Waals surface area contributed by atoms with E-state index in [2.05, 4.69) is 0 Å². The van der Waals surface area contributed by atoms with Gasteiger partial charge in [0.1, 0.15) is 0 Å². The molecule has 1 atom stereocenters.